The molecule has 8 heteroatoms. The second-order valence-electron chi connectivity index (χ2n) is 4.83. The molecule has 0 bridgehead atoms. The van der Waals surface area contributed by atoms with Crippen molar-refractivity contribution in [3.05, 3.63) is 32.3 Å². The lowest BCUT2D eigenvalue weighted by molar-refractivity contribution is 0.0131. The summed E-state index contributed by atoms with van der Waals surface area (Å²) in [6, 6.07) is 2.65. The van der Waals surface area contributed by atoms with Crippen LogP contribution < -0.4 is 4.74 Å². The molecule has 0 saturated carbocycles. The Morgan fingerprint density at radius 3 is 2.95 bits per heavy atom. The topological polar surface area (TPSA) is 79.7 Å². The van der Waals surface area contributed by atoms with Crippen LogP contribution in [0, 0.1) is 5.82 Å². The minimum absolute atomic E-state index is 0.116. The number of hydrogen-bond donors (Lipinski definition) is 2. The van der Waals surface area contributed by atoms with Crippen LogP contribution in [-0.2, 0) is 5.60 Å². The minimum Gasteiger partial charge on any atom is -0.489 e. The molecule has 1 aromatic heterocycles. The van der Waals surface area contributed by atoms with Gasteiger partial charge in [-0.15, -0.1) is 11.3 Å². The monoisotopic (exact) mass is 373 g/mol. The fraction of sp³-hybridized carbons (Fsp3) is 0.231. The highest BCUT2D eigenvalue weighted by Gasteiger charge is 2.36. The summed E-state index contributed by atoms with van der Waals surface area (Å²) in [7, 11) is 0. The lowest BCUT2D eigenvalue weighted by Crippen LogP contribution is -2.27. The Hall–Kier alpha value is -1.51. The molecule has 0 radical (unpaired) electrons. The van der Waals surface area contributed by atoms with Crippen molar-refractivity contribution in [3.8, 4) is 17.0 Å². The molecular weight excluding hydrogens is 365 g/mol. The van der Waals surface area contributed by atoms with Gasteiger partial charge in [0, 0.05) is 11.6 Å². The Morgan fingerprint density at radius 1 is 1.57 bits per heavy atom. The summed E-state index contributed by atoms with van der Waals surface area (Å²) in [5.74, 6) is -1.46. The highest BCUT2D eigenvalue weighted by molar-refractivity contribution is 9.10. The van der Waals surface area contributed by atoms with Gasteiger partial charge in [0.1, 0.15) is 23.8 Å². The van der Waals surface area contributed by atoms with Crippen LogP contribution in [0.15, 0.2) is 16.6 Å². The van der Waals surface area contributed by atoms with Crippen molar-refractivity contribution in [2.75, 3.05) is 6.61 Å². The number of nitrogens with zero attached hydrogens (tertiary/aromatic N) is 1. The van der Waals surface area contributed by atoms with Crippen LogP contribution in [-0.4, -0.2) is 27.8 Å². The average Bonchev–Trinajstić information content (AvgIpc) is 2.82. The maximum atomic E-state index is 13.6. The second kappa shape index (κ2) is 4.75. The van der Waals surface area contributed by atoms with Crippen LogP contribution in [0.25, 0.3) is 11.3 Å². The molecule has 1 aliphatic rings. The van der Waals surface area contributed by atoms with Crippen molar-refractivity contribution < 1.29 is 24.1 Å². The summed E-state index contributed by atoms with van der Waals surface area (Å²) < 4.78 is 19.3. The number of halogens is 2. The minimum atomic E-state index is -1.40. The Balaban J connectivity index is 2.31. The number of rotatable bonds is 1. The van der Waals surface area contributed by atoms with Crippen LogP contribution in [0.2, 0.25) is 0 Å². The lowest BCUT2D eigenvalue weighted by Gasteiger charge is -2.19. The van der Waals surface area contributed by atoms with Crippen molar-refractivity contribution in [1.82, 2.24) is 4.98 Å². The van der Waals surface area contributed by atoms with E-state index in [1.807, 2.05) is 0 Å². The zero-order valence-corrected chi connectivity index (χ0v) is 13.1. The zero-order chi connectivity index (χ0) is 15.4. The molecule has 0 aliphatic carbocycles. The summed E-state index contributed by atoms with van der Waals surface area (Å²) in [4.78, 5) is 15.6. The number of carboxylic acid groups (broad SMARTS) is 1. The number of carbonyl (C=O) groups is 1. The van der Waals surface area contributed by atoms with E-state index in [4.69, 9.17) is 9.84 Å². The number of hydrogen-bond acceptors (Lipinski definition) is 5. The summed E-state index contributed by atoms with van der Waals surface area (Å²) >= 11 is 3.97. The molecule has 5 nitrogen and oxygen atoms in total. The molecule has 2 aromatic rings. The smallest absolute Gasteiger partial charge is 0.365 e. The van der Waals surface area contributed by atoms with E-state index in [1.165, 1.54) is 19.1 Å². The quantitative estimate of drug-likeness (QED) is 0.802. The third kappa shape index (κ3) is 2.33. The van der Waals surface area contributed by atoms with Crippen molar-refractivity contribution in [2.45, 2.75) is 12.5 Å². The predicted molar refractivity (Wildman–Crippen MR) is 77.2 cm³/mol. The van der Waals surface area contributed by atoms with Crippen molar-refractivity contribution in [1.29, 1.82) is 0 Å². The van der Waals surface area contributed by atoms with Gasteiger partial charge in [-0.25, -0.2) is 14.2 Å². The largest absolute Gasteiger partial charge is 0.489 e. The number of aromatic carboxylic acids is 1. The van der Waals surface area contributed by atoms with Crippen LogP contribution >= 0.6 is 27.3 Å². The van der Waals surface area contributed by atoms with Crippen molar-refractivity contribution in [3.63, 3.8) is 0 Å². The Morgan fingerprint density at radius 2 is 2.29 bits per heavy atom. The van der Waals surface area contributed by atoms with E-state index < -0.39 is 17.4 Å². The first-order valence-electron chi connectivity index (χ1n) is 5.89. The Labute approximate surface area is 131 Å². The first kappa shape index (κ1) is 14.4. The third-order valence-electron chi connectivity index (χ3n) is 3.09. The van der Waals surface area contributed by atoms with Gasteiger partial charge in [-0.2, -0.15) is 0 Å². The van der Waals surface area contributed by atoms with E-state index in [-0.39, 0.29) is 21.8 Å². The molecule has 1 atom stereocenters. The van der Waals surface area contributed by atoms with Gasteiger partial charge in [0.15, 0.2) is 0 Å². The van der Waals surface area contributed by atoms with Gasteiger partial charge < -0.3 is 14.9 Å². The van der Waals surface area contributed by atoms with E-state index in [2.05, 4.69) is 20.9 Å². The van der Waals surface area contributed by atoms with Crippen molar-refractivity contribution in [2.24, 2.45) is 0 Å². The molecule has 1 aliphatic heterocycles. The van der Waals surface area contributed by atoms with Crippen LogP contribution in [0.4, 0.5) is 4.39 Å². The van der Waals surface area contributed by atoms with Crippen molar-refractivity contribution >= 4 is 33.2 Å². The van der Waals surface area contributed by atoms with E-state index >= 15 is 0 Å². The van der Waals surface area contributed by atoms with Crippen LogP contribution in [0.1, 0.15) is 21.6 Å². The molecule has 2 heterocycles. The van der Waals surface area contributed by atoms with Gasteiger partial charge >= 0.3 is 5.97 Å². The summed E-state index contributed by atoms with van der Waals surface area (Å²) in [6.07, 6.45) is 0. The number of aromatic nitrogens is 1. The maximum absolute atomic E-state index is 13.6. The SMILES string of the molecule is CC1(O)COc2cc(F)c(Br)cc2-c2nc(C(=O)O)sc21. The number of thiazole rings is 1. The summed E-state index contributed by atoms with van der Waals surface area (Å²) in [5.41, 5.74) is -0.654. The molecule has 3 rings (SSSR count). The second-order valence-corrected chi connectivity index (χ2v) is 6.68. The van der Waals surface area contributed by atoms with Crippen LogP contribution in [0.5, 0.6) is 5.75 Å². The number of fused-ring (bicyclic) bond motifs is 3. The predicted octanol–water partition coefficient (Wildman–Crippen LogP) is 3.01. The van der Waals surface area contributed by atoms with Crippen LogP contribution in [0.3, 0.4) is 0 Å². The van der Waals surface area contributed by atoms with E-state index in [9.17, 15) is 14.3 Å². The molecule has 21 heavy (non-hydrogen) atoms. The molecule has 0 saturated heterocycles. The molecular formula is C13H9BrFNO4S. The average molecular weight is 374 g/mol. The molecule has 2 N–H and O–H groups in total. The zero-order valence-electron chi connectivity index (χ0n) is 10.7. The fourth-order valence-corrected chi connectivity index (χ4v) is 3.37. The highest BCUT2D eigenvalue weighted by Crippen LogP contribution is 2.44. The third-order valence-corrected chi connectivity index (χ3v) is 4.99. The standard InChI is InChI=1S/C13H9BrFNO4S/c1-13(19)4-20-8-3-7(15)6(14)2-5(8)9-10(13)21-11(16-9)12(17)18/h2-3,19H,4H2,1H3,(H,17,18). The fourth-order valence-electron chi connectivity index (χ4n) is 2.08. The molecule has 0 amide bonds. The molecule has 0 fully saturated rings. The van der Waals surface area contributed by atoms with E-state index in [0.717, 1.165) is 11.3 Å². The van der Waals surface area contributed by atoms with Gasteiger partial charge in [-0.05, 0) is 28.9 Å². The number of carboxylic acids is 1. The molecule has 110 valence electrons. The first-order valence-corrected chi connectivity index (χ1v) is 7.50. The van der Waals surface area contributed by atoms with Gasteiger partial charge in [0.05, 0.1) is 15.0 Å². The summed E-state index contributed by atoms with van der Waals surface area (Å²) in [6.45, 7) is 1.39. The van der Waals surface area contributed by atoms with Gasteiger partial charge in [-0.3, -0.25) is 0 Å². The first-order chi connectivity index (χ1) is 9.79. The maximum Gasteiger partial charge on any atom is 0.365 e. The molecule has 0 spiro atoms. The number of aliphatic hydroxyl groups is 1. The lowest BCUT2D eigenvalue weighted by atomic mass is 10.0. The number of ether oxygens (including phenoxy) is 1. The Bertz CT molecular complexity index is 759. The molecule has 1 aromatic carbocycles. The van der Waals surface area contributed by atoms with Gasteiger partial charge in [0.2, 0.25) is 5.01 Å². The van der Waals surface area contributed by atoms with Gasteiger partial charge in [0.25, 0.3) is 0 Å². The highest BCUT2D eigenvalue weighted by atomic mass is 79.9. The molecule has 1 unspecified atom stereocenters. The van der Waals surface area contributed by atoms with E-state index in [1.54, 1.807) is 0 Å². The van der Waals surface area contributed by atoms with E-state index in [0.29, 0.717) is 16.1 Å². The normalized spacial score (nSPS) is 20.2. The Kier molecular flexibility index (Phi) is 3.27. The van der Waals surface area contributed by atoms with Gasteiger partial charge in [-0.1, -0.05) is 0 Å². The number of benzene rings is 1. The summed E-state index contributed by atoms with van der Waals surface area (Å²) in [5, 5.41) is 19.4.